The highest BCUT2D eigenvalue weighted by Crippen LogP contribution is 2.41. The molecule has 11 N–H and O–H groups in total. The van der Waals surface area contributed by atoms with E-state index < -0.39 is 52.9 Å². The number of carbonyl (C=O) groups is 6. The summed E-state index contributed by atoms with van der Waals surface area (Å²) in [5.41, 5.74) is 10.7. The molecule has 0 fully saturated rings. The molecule has 0 bridgehead atoms. The van der Waals surface area contributed by atoms with E-state index in [1.54, 1.807) is 66.7 Å². The lowest BCUT2D eigenvalue weighted by Gasteiger charge is -2.18. The number of hydrogen-bond donors (Lipinski definition) is 10. The topological polar surface area (TPSA) is 275 Å². The fourth-order valence-electron chi connectivity index (χ4n) is 10.3. The Balaban J connectivity index is 0.000000175. The van der Waals surface area contributed by atoms with E-state index in [1.165, 1.54) is 69.7 Å². The molecule has 4 amide bonds. The van der Waals surface area contributed by atoms with Crippen LogP contribution in [0.2, 0.25) is 5.15 Å². The number of fused-ring (bicyclic) bond motifs is 3. The number of pyridine rings is 3. The van der Waals surface area contributed by atoms with Crippen molar-refractivity contribution in [2.45, 2.75) is 58.1 Å². The van der Waals surface area contributed by atoms with Crippen molar-refractivity contribution in [3.05, 3.63) is 231 Å². The number of hydrogen-bond acceptors (Lipinski definition) is 15. The predicted molar refractivity (Wildman–Crippen MR) is 356 cm³/mol. The molecule has 0 radical (unpaired) electrons. The number of halogens is 10. The van der Waals surface area contributed by atoms with Crippen LogP contribution in [0, 0.1) is 0 Å². The lowest BCUT2D eigenvalue weighted by molar-refractivity contribution is -0.138. The molecule has 0 saturated heterocycles. The molecule has 1 aliphatic heterocycles. The molecule has 0 atom stereocenters. The van der Waals surface area contributed by atoms with Crippen molar-refractivity contribution in [3.8, 4) is 0 Å². The molecule has 12 rings (SSSR count). The zero-order valence-corrected chi connectivity index (χ0v) is 52.0. The number of amides is 4. The molecular weight excluding hydrogens is 1310 g/mol. The van der Waals surface area contributed by atoms with E-state index >= 15 is 0 Å². The Labute approximate surface area is 559 Å². The molecule has 3 aliphatic rings. The van der Waals surface area contributed by atoms with Gasteiger partial charge in [-0.1, -0.05) is 67.6 Å². The highest BCUT2D eigenvalue weighted by Gasteiger charge is 2.37. The van der Waals surface area contributed by atoms with Gasteiger partial charge in [0.05, 0.1) is 73.9 Å². The van der Waals surface area contributed by atoms with Crippen LogP contribution in [0.1, 0.15) is 83.0 Å². The minimum atomic E-state index is -4.65. The predicted octanol–water partition coefficient (Wildman–Crippen LogP) is 14.5. The lowest BCUT2D eigenvalue weighted by atomic mass is 10.1. The van der Waals surface area contributed by atoms with Crippen LogP contribution >= 0.6 is 11.6 Å². The van der Waals surface area contributed by atoms with Crippen molar-refractivity contribution in [1.29, 1.82) is 0 Å². The Morgan fingerprint density at radius 2 is 0.796 bits per heavy atom. The summed E-state index contributed by atoms with van der Waals surface area (Å²) in [5, 5.41) is 24.1. The van der Waals surface area contributed by atoms with E-state index in [1.807, 2.05) is 24.3 Å². The SMILES string of the molecule is C.CNC(=O)c1ccccc1Nc1cc(Cl)ncc1C(F)(F)F.CNC(=O)c1ccccc1Nc1cc(Nc2ccc3c(c2)CC(=O)C3)ncc1C(F)(F)F.CNC(=O)c1ccccc1Nc1cc(Nc2ccc3c(c2)CC(=O)C3)ncc1C(F)(F)F.Nc1ccc2c(c1)CC(=O)N2. The summed E-state index contributed by atoms with van der Waals surface area (Å²) in [5.74, 6) is -0.604. The van der Waals surface area contributed by atoms with Gasteiger partial charge in [0.2, 0.25) is 5.91 Å². The average Bonchev–Trinajstić information content (AvgIpc) is 1.13. The first-order chi connectivity index (χ1) is 46.1. The molecule has 98 heavy (non-hydrogen) atoms. The molecule has 0 unspecified atom stereocenters. The first kappa shape index (κ1) is 72.3. The summed E-state index contributed by atoms with van der Waals surface area (Å²) in [7, 11) is 4.32. The van der Waals surface area contributed by atoms with Crippen LogP contribution in [0.15, 0.2) is 164 Å². The quantitative estimate of drug-likeness (QED) is 0.0292. The molecule has 508 valence electrons. The third kappa shape index (κ3) is 18.3. The van der Waals surface area contributed by atoms with Crippen molar-refractivity contribution >= 4 is 115 Å². The number of nitrogens with zero attached hydrogens (tertiary/aromatic N) is 3. The number of para-hydroxylation sites is 3. The number of aromatic nitrogens is 3. The number of alkyl halides is 9. The van der Waals surface area contributed by atoms with Crippen LogP contribution in [-0.2, 0) is 65.0 Å². The number of benzene rings is 6. The molecule has 29 heteroatoms. The van der Waals surface area contributed by atoms with Crippen molar-refractivity contribution in [3.63, 3.8) is 0 Å². The number of nitrogens with one attached hydrogen (secondary N) is 9. The molecule has 4 heterocycles. The Hall–Kier alpha value is -11.6. The number of ketones is 2. The van der Waals surface area contributed by atoms with Crippen molar-refractivity contribution in [1.82, 2.24) is 30.9 Å². The smallest absolute Gasteiger partial charge is 0.399 e. The summed E-state index contributed by atoms with van der Waals surface area (Å²) < 4.78 is 121. The van der Waals surface area contributed by atoms with Crippen LogP contribution in [0.3, 0.4) is 0 Å². The number of carbonyl (C=O) groups excluding carboxylic acids is 6. The third-order valence-electron chi connectivity index (χ3n) is 14.9. The molecule has 0 spiro atoms. The second-order valence-electron chi connectivity index (χ2n) is 21.7. The van der Waals surface area contributed by atoms with Gasteiger partial charge in [-0.2, -0.15) is 39.5 Å². The number of Topliss-reactive ketones (excluding diaryl/α,β-unsaturated/α-hetero) is 2. The Morgan fingerprint density at radius 3 is 1.18 bits per heavy atom. The van der Waals surface area contributed by atoms with Crippen LogP contribution in [-0.4, -0.2) is 71.3 Å². The van der Waals surface area contributed by atoms with Crippen LogP contribution < -0.4 is 53.6 Å². The number of anilines is 12. The van der Waals surface area contributed by atoms with E-state index in [0.29, 0.717) is 55.4 Å². The second-order valence-corrected chi connectivity index (χ2v) is 22.1. The minimum Gasteiger partial charge on any atom is -0.399 e. The van der Waals surface area contributed by atoms with Gasteiger partial charge in [0.25, 0.3) is 17.7 Å². The molecule has 3 aromatic heterocycles. The summed E-state index contributed by atoms with van der Waals surface area (Å²) in [6, 6.07) is 38.5. The first-order valence-electron chi connectivity index (χ1n) is 29.2. The standard InChI is InChI=1S/2C23H19F3N4O2.C14H11ClF3N3O.C8H8N2O.CH4/c2*1-27-22(32)17-4-2-3-5-19(17)30-20-11-21(28-12-18(20)23(24,25)26)29-15-7-6-13-9-16(31)10-14(13)8-15;1-19-13(22)8-4-2-3-5-10(8)21-11-6-12(15)20-7-9(11)14(16,17)18;9-6-1-2-7-5(3-6)4-8(11)10-7;/h2*2-8,11-12H,9-10H2,1H3,(H,27,32)(H2,28,29,30);2-7H,1H3,(H,19,22)(H,20,21);1-3H,4,9H2,(H,10,11);1H4. The van der Waals surface area contributed by atoms with Gasteiger partial charge < -0.3 is 53.6 Å². The lowest BCUT2D eigenvalue weighted by Crippen LogP contribution is -2.19. The van der Waals surface area contributed by atoms with Crippen LogP contribution in [0.25, 0.3) is 0 Å². The van der Waals surface area contributed by atoms with Crippen molar-refractivity contribution < 1.29 is 68.3 Å². The van der Waals surface area contributed by atoms with Crippen molar-refractivity contribution in [2.75, 3.05) is 58.8 Å². The summed E-state index contributed by atoms with van der Waals surface area (Å²) in [4.78, 5) is 81.4. The number of nitrogen functional groups attached to an aromatic ring is 1. The van der Waals surface area contributed by atoms with Crippen LogP contribution in [0.4, 0.5) is 108 Å². The van der Waals surface area contributed by atoms with E-state index in [-0.39, 0.29) is 92.5 Å². The van der Waals surface area contributed by atoms with E-state index in [0.717, 1.165) is 52.0 Å². The Morgan fingerprint density at radius 1 is 0.429 bits per heavy atom. The maximum absolute atomic E-state index is 13.6. The first-order valence-corrected chi connectivity index (χ1v) is 29.6. The zero-order chi connectivity index (χ0) is 69.9. The van der Waals surface area contributed by atoms with Gasteiger partial charge in [0.15, 0.2) is 0 Å². The highest BCUT2D eigenvalue weighted by atomic mass is 35.5. The summed E-state index contributed by atoms with van der Waals surface area (Å²) >= 11 is 5.67. The normalized spacial score (nSPS) is 12.6. The van der Waals surface area contributed by atoms with Gasteiger partial charge in [0, 0.05) is 100 Å². The second kappa shape index (κ2) is 30.9. The van der Waals surface area contributed by atoms with Gasteiger partial charge in [-0.25, -0.2) is 15.0 Å². The fraction of sp³-hybridized carbons (Fsp3) is 0.174. The van der Waals surface area contributed by atoms with Gasteiger partial charge in [-0.15, -0.1) is 0 Å². The summed E-state index contributed by atoms with van der Waals surface area (Å²) in [6.07, 6.45) is -9.83. The summed E-state index contributed by atoms with van der Waals surface area (Å²) in [6.45, 7) is 0. The minimum absolute atomic E-state index is 0. The van der Waals surface area contributed by atoms with E-state index in [4.69, 9.17) is 17.3 Å². The maximum Gasteiger partial charge on any atom is 0.419 e. The monoisotopic (exact) mass is 1370 g/mol. The third-order valence-corrected chi connectivity index (χ3v) is 15.1. The molecule has 9 aromatic rings. The van der Waals surface area contributed by atoms with Gasteiger partial charge in [-0.05, 0) is 113 Å². The average molecular weight is 1370 g/mol. The van der Waals surface area contributed by atoms with Gasteiger partial charge in [0.1, 0.15) is 28.4 Å². The molecule has 6 aromatic carbocycles. The van der Waals surface area contributed by atoms with Crippen LogP contribution in [0.5, 0.6) is 0 Å². The Bertz CT molecular complexity index is 4320. The maximum atomic E-state index is 13.6. The largest absolute Gasteiger partial charge is 0.419 e. The molecule has 19 nitrogen and oxygen atoms in total. The highest BCUT2D eigenvalue weighted by molar-refractivity contribution is 6.29. The number of nitrogens with two attached hydrogens (primary N) is 1. The zero-order valence-electron chi connectivity index (χ0n) is 51.3. The fourth-order valence-corrected chi connectivity index (χ4v) is 10.4. The number of rotatable bonds is 13. The van der Waals surface area contributed by atoms with Gasteiger partial charge in [-0.3, -0.25) is 28.8 Å². The van der Waals surface area contributed by atoms with Gasteiger partial charge >= 0.3 is 18.5 Å². The molecule has 2 aliphatic carbocycles. The van der Waals surface area contributed by atoms with E-state index in [2.05, 4.69) is 62.8 Å². The Kier molecular flexibility index (Phi) is 22.8. The molecule has 0 saturated carbocycles. The van der Waals surface area contributed by atoms with E-state index in [9.17, 15) is 68.3 Å². The van der Waals surface area contributed by atoms with Crippen molar-refractivity contribution in [2.24, 2.45) is 0 Å². The molecular formula is C69H61ClF9N13O6.